The van der Waals surface area contributed by atoms with Crippen LogP contribution in [0.2, 0.25) is 0 Å². The topological polar surface area (TPSA) is 99.8 Å². The fraction of sp³-hybridized carbons (Fsp3) is 0.474. The van der Waals surface area contributed by atoms with Crippen LogP contribution in [0.15, 0.2) is 24.4 Å². The SMILES string of the molecule is CC(C)(C)[C@H](NC(=O)c1n[nH]c2c1CC1CC21)C(=O)Nc1ccccn1. The summed E-state index contributed by atoms with van der Waals surface area (Å²) in [5.74, 6) is 1.07. The molecule has 0 aromatic carbocycles. The number of H-pyrrole nitrogens is 1. The Morgan fingerprint density at radius 2 is 2.12 bits per heavy atom. The second-order valence-electron chi connectivity index (χ2n) is 8.25. The molecule has 2 aromatic rings. The van der Waals surface area contributed by atoms with E-state index in [1.807, 2.05) is 20.8 Å². The second-order valence-corrected chi connectivity index (χ2v) is 8.25. The average Bonchev–Trinajstić information content (AvgIpc) is 3.06. The van der Waals surface area contributed by atoms with Gasteiger partial charge in [0, 0.05) is 23.4 Å². The van der Waals surface area contributed by atoms with Gasteiger partial charge in [0.2, 0.25) is 5.91 Å². The summed E-state index contributed by atoms with van der Waals surface area (Å²) in [4.78, 5) is 29.7. The van der Waals surface area contributed by atoms with E-state index in [0.29, 0.717) is 23.3 Å². The van der Waals surface area contributed by atoms with Crippen molar-refractivity contribution in [2.45, 2.75) is 45.6 Å². The molecule has 2 unspecified atom stereocenters. The fourth-order valence-electron chi connectivity index (χ4n) is 3.68. The summed E-state index contributed by atoms with van der Waals surface area (Å²) in [5.41, 5.74) is 2.08. The van der Waals surface area contributed by atoms with E-state index < -0.39 is 11.5 Å². The van der Waals surface area contributed by atoms with E-state index >= 15 is 0 Å². The molecule has 3 N–H and O–H groups in total. The number of hydrogen-bond donors (Lipinski definition) is 3. The number of aromatic amines is 1. The molecule has 0 radical (unpaired) electrons. The van der Waals surface area contributed by atoms with Crippen LogP contribution in [0, 0.1) is 11.3 Å². The maximum absolute atomic E-state index is 12.8. The van der Waals surface area contributed by atoms with Crippen LogP contribution < -0.4 is 10.6 Å². The van der Waals surface area contributed by atoms with Gasteiger partial charge in [-0.15, -0.1) is 0 Å². The molecule has 26 heavy (non-hydrogen) atoms. The Labute approximate surface area is 152 Å². The molecule has 7 nitrogen and oxygen atoms in total. The lowest BCUT2D eigenvalue weighted by Crippen LogP contribution is -2.51. The van der Waals surface area contributed by atoms with Gasteiger partial charge in [-0.3, -0.25) is 14.7 Å². The van der Waals surface area contributed by atoms with Gasteiger partial charge in [-0.1, -0.05) is 26.8 Å². The van der Waals surface area contributed by atoms with Crippen LogP contribution in [0.4, 0.5) is 5.82 Å². The fourth-order valence-corrected chi connectivity index (χ4v) is 3.68. The highest BCUT2D eigenvalue weighted by Crippen LogP contribution is 2.56. The lowest BCUT2D eigenvalue weighted by Gasteiger charge is -2.30. The van der Waals surface area contributed by atoms with Gasteiger partial charge < -0.3 is 10.6 Å². The number of nitrogens with zero attached hydrogens (tertiary/aromatic N) is 2. The van der Waals surface area contributed by atoms with Crippen LogP contribution in [0.25, 0.3) is 0 Å². The molecular formula is C19H23N5O2. The van der Waals surface area contributed by atoms with Gasteiger partial charge in [-0.05, 0) is 36.3 Å². The minimum absolute atomic E-state index is 0.292. The van der Waals surface area contributed by atoms with E-state index in [9.17, 15) is 9.59 Å². The lowest BCUT2D eigenvalue weighted by atomic mass is 9.86. The Morgan fingerprint density at radius 1 is 1.31 bits per heavy atom. The maximum Gasteiger partial charge on any atom is 0.272 e. The van der Waals surface area contributed by atoms with Gasteiger partial charge in [-0.2, -0.15) is 5.10 Å². The maximum atomic E-state index is 12.8. The first kappa shape index (κ1) is 16.8. The van der Waals surface area contributed by atoms with E-state index in [4.69, 9.17) is 0 Å². The minimum Gasteiger partial charge on any atom is -0.338 e. The van der Waals surface area contributed by atoms with Crippen molar-refractivity contribution in [3.8, 4) is 0 Å². The van der Waals surface area contributed by atoms with Gasteiger partial charge >= 0.3 is 0 Å². The molecular weight excluding hydrogens is 330 g/mol. The molecule has 4 rings (SSSR count). The molecule has 0 saturated heterocycles. The van der Waals surface area contributed by atoms with Gasteiger partial charge in [0.15, 0.2) is 5.69 Å². The van der Waals surface area contributed by atoms with E-state index in [1.54, 1.807) is 24.4 Å². The van der Waals surface area contributed by atoms with E-state index in [0.717, 1.165) is 17.7 Å². The van der Waals surface area contributed by atoms with Crippen LogP contribution in [-0.2, 0) is 11.2 Å². The first-order chi connectivity index (χ1) is 12.3. The Morgan fingerprint density at radius 3 is 2.81 bits per heavy atom. The summed E-state index contributed by atoms with van der Waals surface area (Å²) in [6.45, 7) is 5.75. The van der Waals surface area contributed by atoms with Crippen LogP contribution in [0.5, 0.6) is 0 Å². The zero-order chi connectivity index (χ0) is 18.5. The predicted octanol–water partition coefficient (Wildman–Crippen LogP) is 2.25. The van der Waals surface area contributed by atoms with Gasteiger partial charge in [-0.25, -0.2) is 4.98 Å². The Bertz CT molecular complexity index is 853. The van der Waals surface area contributed by atoms with E-state index in [1.165, 1.54) is 6.42 Å². The summed E-state index contributed by atoms with van der Waals surface area (Å²) in [7, 11) is 0. The number of carbonyl (C=O) groups is 2. The van der Waals surface area contributed by atoms with Crippen LogP contribution in [-0.4, -0.2) is 33.0 Å². The number of rotatable bonds is 4. The molecule has 1 saturated carbocycles. The number of anilines is 1. The molecule has 2 aromatic heterocycles. The summed E-state index contributed by atoms with van der Waals surface area (Å²) in [6, 6.07) is 4.58. The standard InChI is InChI=1S/C19H23N5O2/c1-19(2,3)16(18(26)21-13-6-4-5-7-20-13)22-17(25)15-12-9-10-8-11(10)14(12)23-24-15/h4-7,10-11,16H,8-9H2,1-3H3,(H,22,25)(H,23,24)(H,20,21,26)/t10?,11?,16-/m1/s1. The number of nitrogens with one attached hydrogen (secondary N) is 3. The quantitative estimate of drug-likeness (QED) is 0.785. The van der Waals surface area contributed by atoms with Crippen molar-refractivity contribution in [1.29, 1.82) is 0 Å². The molecule has 0 bridgehead atoms. The first-order valence-electron chi connectivity index (χ1n) is 8.94. The molecule has 2 aliphatic carbocycles. The molecule has 136 valence electrons. The summed E-state index contributed by atoms with van der Waals surface area (Å²) >= 11 is 0. The molecule has 2 amide bonds. The van der Waals surface area contributed by atoms with Crippen molar-refractivity contribution in [1.82, 2.24) is 20.5 Å². The highest BCUT2D eigenvalue weighted by molar-refractivity contribution is 6.01. The highest BCUT2D eigenvalue weighted by Gasteiger charge is 2.48. The lowest BCUT2D eigenvalue weighted by molar-refractivity contribution is -0.120. The molecule has 1 fully saturated rings. The number of aromatic nitrogens is 3. The normalized spacial score (nSPS) is 21.5. The summed E-state index contributed by atoms with van der Waals surface area (Å²) in [5, 5.41) is 12.9. The van der Waals surface area contributed by atoms with Gasteiger partial charge in [0.05, 0.1) is 0 Å². The highest BCUT2D eigenvalue weighted by atomic mass is 16.2. The number of hydrogen-bond acceptors (Lipinski definition) is 4. The molecule has 2 heterocycles. The van der Waals surface area contributed by atoms with Crippen molar-refractivity contribution in [3.63, 3.8) is 0 Å². The van der Waals surface area contributed by atoms with Crippen LogP contribution in [0.1, 0.15) is 54.9 Å². The zero-order valence-corrected chi connectivity index (χ0v) is 15.2. The second kappa shape index (κ2) is 5.93. The molecule has 0 aliphatic heterocycles. The third kappa shape index (κ3) is 2.98. The third-order valence-electron chi connectivity index (χ3n) is 5.19. The summed E-state index contributed by atoms with van der Waals surface area (Å²) in [6.07, 6.45) is 3.70. The number of pyridine rings is 1. The molecule has 2 aliphatic rings. The van der Waals surface area contributed by atoms with Crippen molar-refractivity contribution >= 4 is 17.6 Å². The van der Waals surface area contributed by atoms with E-state index in [2.05, 4.69) is 25.8 Å². The summed E-state index contributed by atoms with van der Waals surface area (Å²) < 4.78 is 0. The van der Waals surface area contributed by atoms with Gasteiger partial charge in [0.1, 0.15) is 11.9 Å². The van der Waals surface area contributed by atoms with Crippen molar-refractivity contribution in [2.24, 2.45) is 11.3 Å². The monoisotopic (exact) mass is 353 g/mol. The van der Waals surface area contributed by atoms with Crippen LogP contribution in [0.3, 0.4) is 0 Å². The van der Waals surface area contributed by atoms with E-state index in [-0.39, 0.29) is 11.8 Å². The largest absolute Gasteiger partial charge is 0.338 e. The average molecular weight is 353 g/mol. The van der Waals surface area contributed by atoms with Crippen LogP contribution >= 0.6 is 0 Å². The zero-order valence-electron chi connectivity index (χ0n) is 15.2. The van der Waals surface area contributed by atoms with Crippen molar-refractivity contribution < 1.29 is 9.59 Å². The first-order valence-corrected chi connectivity index (χ1v) is 8.94. The number of amides is 2. The van der Waals surface area contributed by atoms with Gasteiger partial charge in [0.25, 0.3) is 5.91 Å². The Kier molecular flexibility index (Phi) is 3.82. The molecule has 0 spiro atoms. The predicted molar refractivity (Wildman–Crippen MR) is 96.7 cm³/mol. The third-order valence-corrected chi connectivity index (χ3v) is 5.19. The Balaban J connectivity index is 1.51. The molecule has 7 heteroatoms. The number of fused-ring (bicyclic) bond motifs is 3. The van der Waals surface area contributed by atoms with Crippen molar-refractivity contribution in [2.75, 3.05) is 5.32 Å². The van der Waals surface area contributed by atoms with Crippen molar-refractivity contribution in [3.05, 3.63) is 41.3 Å². The molecule has 3 atom stereocenters. The minimum atomic E-state index is -0.708. The smallest absolute Gasteiger partial charge is 0.272 e. The Hall–Kier alpha value is -2.70. The number of carbonyl (C=O) groups excluding carboxylic acids is 2.